The summed E-state index contributed by atoms with van der Waals surface area (Å²) in [5.41, 5.74) is -1.91. The van der Waals surface area contributed by atoms with E-state index >= 15 is 0 Å². The number of hydrogen-bond donors (Lipinski definition) is 0. The average Bonchev–Trinajstić information content (AvgIpc) is 3.18. The van der Waals surface area contributed by atoms with Crippen molar-refractivity contribution in [3.8, 4) is 0 Å². The maximum Gasteiger partial charge on any atom is 0.416 e. The van der Waals surface area contributed by atoms with Gasteiger partial charge in [-0.3, -0.25) is 14.6 Å². The number of nitrogens with zero attached hydrogens (tertiary/aromatic N) is 2. The van der Waals surface area contributed by atoms with Crippen LogP contribution in [0.3, 0.4) is 0 Å². The number of allylic oxidation sites excluding steroid dienone is 1. The van der Waals surface area contributed by atoms with Crippen molar-refractivity contribution in [2.24, 2.45) is 10.9 Å². The minimum Gasteiger partial charge on any atom is -0.462 e. The van der Waals surface area contributed by atoms with Crippen molar-refractivity contribution in [3.63, 3.8) is 0 Å². The van der Waals surface area contributed by atoms with E-state index in [4.69, 9.17) is 14.2 Å². The van der Waals surface area contributed by atoms with Gasteiger partial charge in [0.25, 0.3) is 15.9 Å². The standard InChI is InChI=1S/C30H29F3N2O8S/c1-17-24(28(37)42-15-19-9-7-8-14-41-19)26(20-10-3-5-12-22(20)30(31,32)33)25(18(2)34-17)29(38)43-16-35-27(36)21-11-4-6-13-23(21)44(35,39)40/h3-6,10-13,19,24,26H,7-9,14-16H2,1-2H3. The molecule has 3 unspecified atom stereocenters. The molecule has 1 amide bonds. The second-order valence-electron chi connectivity index (χ2n) is 10.6. The first kappa shape index (κ1) is 31.4. The van der Waals surface area contributed by atoms with E-state index < -0.39 is 69.3 Å². The second kappa shape index (κ2) is 12.2. The Morgan fingerprint density at radius 1 is 1.05 bits per heavy atom. The molecule has 0 aromatic heterocycles. The molecule has 1 saturated heterocycles. The van der Waals surface area contributed by atoms with Crippen LogP contribution in [0.5, 0.6) is 0 Å². The molecule has 0 spiro atoms. The number of aliphatic imine (C=N–C) groups is 1. The number of carbonyl (C=O) groups is 3. The number of carbonyl (C=O) groups excluding carboxylic acids is 3. The molecule has 2 aromatic carbocycles. The highest BCUT2D eigenvalue weighted by Crippen LogP contribution is 2.45. The molecule has 0 radical (unpaired) electrons. The van der Waals surface area contributed by atoms with Crippen LogP contribution in [0.1, 0.15) is 60.5 Å². The van der Waals surface area contributed by atoms with E-state index in [9.17, 15) is 36.0 Å². The molecule has 0 bridgehead atoms. The zero-order valence-electron chi connectivity index (χ0n) is 23.8. The molecule has 3 heterocycles. The van der Waals surface area contributed by atoms with Gasteiger partial charge in [0, 0.05) is 23.9 Å². The van der Waals surface area contributed by atoms with Crippen molar-refractivity contribution in [3.05, 3.63) is 76.5 Å². The van der Waals surface area contributed by atoms with Crippen molar-refractivity contribution in [1.29, 1.82) is 0 Å². The molecule has 10 nitrogen and oxygen atoms in total. The van der Waals surface area contributed by atoms with Gasteiger partial charge in [0.2, 0.25) is 0 Å². The van der Waals surface area contributed by atoms with Gasteiger partial charge in [0.15, 0.2) is 6.73 Å². The van der Waals surface area contributed by atoms with Crippen LogP contribution < -0.4 is 0 Å². The number of hydrogen-bond acceptors (Lipinski definition) is 9. The SMILES string of the molecule is CC1=NC(C)=C(C(=O)OCN2C(=O)c3ccccc3S2(=O)=O)C(c2ccccc2C(F)(F)F)C1C(=O)OCC1CCCCO1. The summed E-state index contributed by atoms with van der Waals surface area (Å²) >= 11 is 0. The Balaban J connectivity index is 1.49. The summed E-state index contributed by atoms with van der Waals surface area (Å²) in [6, 6.07) is 9.95. The second-order valence-corrected chi connectivity index (χ2v) is 12.5. The number of esters is 2. The lowest BCUT2D eigenvalue weighted by Gasteiger charge is -2.33. The Labute approximate surface area is 251 Å². The molecule has 234 valence electrons. The first-order chi connectivity index (χ1) is 20.8. The Morgan fingerprint density at radius 2 is 1.75 bits per heavy atom. The molecule has 1 fully saturated rings. The Bertz CT molecular complexity index is 1660. The van der Waals surface area contributed by atoms with Gasteiger partial charge in [0.1, 0.15) is 17.4 Å². The van der Waals surface area contributed by atoms with Gasteiger partial charge in [-0.15, -0.1) is 0 Å². The van der Waals surface area contributed by atoms with Crippen molar-refractivity contribution >= 4 is 33.6 Å². The van der Waals surface area contributed by atoms with Crippen LogP contribution in [0, 0.1) is 5.92 Å². The fourth-order valence-corrected chi connectivity index (χ4v) is 7.16. The van der Waals surface area contributed by atoms with E-state index in [1.54, 1.807) is 0 Å². The fraction of sp³-hybridized carbons (Fsp3) is 0.400. The molecule has 3 aliphatic heterocycles. The van der Waals surface area contributed by atoms with Gasteiger partial charge in [-0.25, -0.2) is 13.2 Å². The predicted molar refractivity (Wildman–Crippen MR) is 149 cm³/mol. The van der Waals surface area contributed by atoms with Crippen LogP contribution in [-0.2, 0) is 40.0 Å². The van der Waals surface area contributed by atoms with Gasteiger partial charge in [-0.1, -0.05) is 30.3 Å². The lowest BCUT2D eigenvalue weighted by Crippen LogP contribution is -2.39. The van der Waals surface area contributed by atoms with Gasteiger partial charge in [-0.2, -0.15) is 17.5 Å². The van der Waals surface area contributed by atoms with Gasteiger partial charge in [0.05, 0.1) is 22.8 Å². The minimum atomic E-state index is -4.85. The molecule has 5 rings (SSSR count). The van der Waals surface area contributed by atoms with Crippen molar-refractivity contribution in [1.82, 2.24) is 4.31 Å². The minimum absolute atomic E-state index is 0.0342. The van der Waals surface area contributed by atoms with Gasteiger partial charge in [-0.05, 0) is 56.9 Å². The first-order valence-corrected chi connectivity index (χ1v) is 15.3. The van der Waals surface area contributed by atoms with E-state index in [1.165, 1.54) is 50.2 Å². The Morgan fingerprint density at radius 3 is 2.43 bits per heavy atom. The molecule has 0 aliphatic carbocycles. The van der Waals surface area contributed by atoms with E-state index in [0.29, 0.717) is 17.3 Å². The number of rotatable bonds is 7. The third-order valence-corrected chi connectivity index (χ3v) is 9.58. The summed E-state index contributed by atoms with van der Waals surface area (Å²) in [5, 5.41) is 0. The third kappa shape index (κ3) is 5.87. The number of amides is 1. The fourth-order valence-electron chi connectivity index (χ4n) is 5.73. The summed E-state index contributed by atoms with van der Waals surface area (Å²) in [7, 11) is -4.35. The van der Waals surface area contributed by atoms with Crippen molar-refractivity contribution in [2.45, 2.75) is 56.2 Å². The zero-order chi connectivity index (χ0) is 31.8. The van der Waals surface area contributed by atoms with Crippen LogP contribution in [0.25, 0.3) is 0 Å². The Kier molecular flexibility index (Phi) is 8.67. The highest BCUT2D eigenvalue weighted by atomic mass is 32.2. The largest absolute Gasteiger partial charge is 0.462 e. The van der Waals surface area contributed by atoms with E-state index in [0.717, 1.165) is 25.0 Å². The zero-order valence-corrected chi connectivity index (χ0v) is 24.6. The summed E-state index contributed by atoms with van der Waals surface area (Å²) < 4.78 is 85.4. The molecule has 0 saturated carbocycles. The van der Waals surface area contributed by atoms with Crippen LogP contribution >= 0.6 is 0 Å². The van der Waals surface area contributed by atoms with Crippen molar-refractivity contribution < 1.29 is 50.2 Å². The monoisotopic (exact) mass is 634 g/mol. The van der Waals surface area contributed by atoms with E-state index in [1.807, 2.05) is 0 Å². The summed E-state index contributed by atoms with van der Waals surface area (Å²) in [4.78, 5) is 44.0. The molecule has 14 heteroatoms. The number of benzene rings is 2. The van der Waals surface area contributed by atoms with E-state index in [-0.39, 0.29) is 34.6 Å². The Hall–Kier alpha value is -4.04. The van der Waals surface area contributed by atoms with Gasteiger partial charge >= 0.3 is 18.1 Å². The summed E-state index contributed by atoms with van der Waals surface area (Å²) in [6.45, 7) is 2.13. The number of fused-ring (bicyclic) bond motifs is 1. The average molecular weight is 635 g/mol. The van der Waals surface area contributed by atoms with Crippen LogP contribution in [0.2, 0.25) is 0 Å². The predicted octanol–water partition coefficient (Wildman–Crippen LogP) is 4.61. The molecule has 44 heavy (non-hydrogen) atoms. The lowest BCUT2D eigenvalue weighted by atomic mass is 9.74. The summed E-state index contributed by atoms with van der Waals surface area (Å²) in [6.07, 6.45) is -2.86. The van der Waals surface area contributed by atoms with Gasteiger partial charge < -0.3 is 14.2 Å². The number of alkyl halides is 3. The normalized spacial score (nSPS) is 23.2. The quantitative estimate of drug-likeness (QED) is 0.404. The van der Waals surface area contributed by atoms with E-state index in [2.05, 4.69) is 4.99 Å². The number of sulfonamides is 1. The maximum atomic E-state index is 14.2. The van der Waals surface area contributed by atoms with Crippen LogP contribution in [0.4, 0.5) is 13.2 Å². The lowest BCUT2D eigenvalue weighted by molar-refractivity contribution is -0.153. The van der Waals surface area contributed by atoms with Crippen LogP contribution in [0.15, 0.2) is 69.7 Å². The number of ether oxygens (including phenoxy) is 3. The topological polar surface area (TPSA) is 129 Å². The molecule has 3 atom stereocenters. The molecule has 0 N–H and O–H groups in total. The smallest absolute Gasteiger partial charge is 0.416 e. The highest BCUT2D eigenvalue weighted by molar-refractivity contribution is 7.90. The molecule has 3 aliphatic rings. The van der Waals surface area contributed by atoms with Crippen molar-refractivity contribution in [2.75, 3.05) is 19.9 Å². The van der Waals surface area contributed by atoms with Crippen LogP contribution in [-0.4, -0.2) is 62.3 Å². The molecular formula is C30H29F3N2O8S. The first-order valence-electron chi connectivity index (χ1n) is 13.9. The molecular weight excluding hydrogens is 605 g/mol. The maximum absolute atomic E-state index is 14.2. The molecule has 2 aromatic rings. The summed E-state index contributed by atoms with van der Waals surface area (Å²) in [5.74, 6) is -6.08. The number of halogens is 3. The highest BCUT2D eigenvalue weighted by Gasteiger charge is 2.47. The third-order valence-electron chi connectivity index (χ3n) is 7.81.